The number of aromatic nitrogens is 3. The number of nitrogens with one attached hydrogen (secondary N) is 3. The third-order valence-electron chi connectivity index (χ3n) is 2.57. The Hall–Kier alpha value is -1.63. The molecule has 0 aromatic carbocycles. The second-order valence-corrected chi connectivity index (χ2v) is 4.19. The first-order valence-electron chi connectivity index (χ1n) is 6.82. The Balaban J connectivity index is 2.50. The smallest absolute Gasteiger partial charge is 0.229 e. The first-order chi connectivity index (χ1) is 9.30. The summed E-state index contributed by atoms with van der Waals surface area (Å²) in [6.45, 7) is 3.51. The lowest BCUT2D eigenvalue weighted by Crippen LogP contribution is -2.13. The Morgan fingerprint density at radius 3 is 2.11 bits per heavy atom. The summed E-state index contributed by atoms with van der Waals surface area (Å²) in [7, 11) is 1.76. The summed E-state index contributed by atoms with van der Waals surface area (Å²) in [5.74, 6) is 1.52. The number of rotatable bonds is 10. The second-order valence-electron chi connectivity index (χ2n) is 4.19. The van der Waals surface area contributed by atoms with E-state index < -0.39 is 0 Å². The summed E-state index contributed by atoms with van der Waals surface area (Å²) < 4.78 is 0. The van der Waals surface area contributed by atoms with E-state index in [1.807, 2.05) is 0 Å². The molecule has 19 heavy (non-hydrogen) atoms. The van der Waals surface area contributed by atoms with E-state index in [4.69, 9.17) is 5.11 Å². The van der Waals surface area contributed by atoms with Crippen LogP contribution < -0.4 is 16.0 Å². The Morgan fingerprint density at radius 1 is 0.895 bits per heavy atom. The van der Waals surface area contributed by atoms with Crippen LogP contribution >= 0.6 is 0 Å². The maximum absolute atomic E-state index is 8.78. The van der Waals surface area contributed by atoms with Crippen LogP contribution in [0.2, 0.25) is 0 Å². The van der Waals surface area contributed by atoms with Crippen molar-refractivity contribution in [3.05, 3.63) is 0 Å². The van der Waals surface area contributed by atoms with Gasteiger partial charge in [-0.3, -0.25) is 0 Å². The van der Waals surface area contributed by atoms with Gasteiger partial charge in [0.25, 0.3) is 0 Å². The monoisotopic (exact) mass is 268 g/mol. The van der Waals surface area contributed by atoms with Crippen molar-refractivity contribution >= 4 is 17.8 Å². The topological polar surface area (TPSA) is 95.0 Å². The van der Waals surface area contributed by atoms with E-state index in [0.717, 1.165) is 13.0 Å². The minimum atomic E-state index is 0.0420. The van der Waals surface area contributed by atoms with Crippen molar-refractivity contribution in [1.82, 2.24) is 15.0 Å². The van der Waals surface area contributed by atoms with Gasteiger partial charge in [0, 0.05) is 20.1 Å². The summed E-state index contributed by atoms with van der Waals surface area (Å²) in [5.41, 5.74) is 0. The molecule has 7 nitrogen and oxygen atoms in total. The van der Waals surface area contributed by atoms with Crippen LogP contribution in [0.4, 0.5) is 17.8 Å². The number of unbranched alkanes of at least 4 members (excludes halogenated alkanes) is 3. The molecule has 0 atom stereocenters. The largest absolute Gasteiger partial charge is 0.395 e. The van der Waals surface area contributed by atoms with Crippen LogP contribution in [-0.2, 0) is 0 Å². The van der Waals surface area contributed by atoms with E-state index in [9.17, 15) is 0 Å². The Bertz CT molecular complexity index is 360. The van der Waals surface area contributed by atoms with Crippen molar-refractivity contribution in [2.75, 3.05) is 42.7 Å². The molecule has 1 rings (SSSR count). The molecule has 7 heteroatoms. The van der Waals surface area contributed by atoms with Crippen LogP contribution in [0.5, 0.6) is 0 Å². The number of anilines is 3. The van der Waals surface area contributed by atoms with E-state index in [1.165, 1.54) is 19.3 Å². The quantitative estimate of drug-likeness (QED) is 0.475. The lowest BCUT2D eigenvalue weighted by Gasteiger charge is -2.09. The molecule has 1 aromatic heterocycles. The highest BCUT2D eigenvalue weighted by molar-refractivity contribution is 5.41. The van der Waals surface area contributed by atoms with Crippen LogP contribution in [-0.4, -0.2) is 46.8 Å². The van der Waals surface area contributed by atoms with Crippen molar-refractivity contribution in [2.24, 2.45) is 0 Å². The van der Waals surface area contributed by atoms with Crippen LogP contribution in [0.25, 0.3) is 0 Å². The Morgan fingerprint density at radius 2 is 1.53 bits per heavy atom. The van der Waals surface area contributed by atoms with Crippen LogP contribution in [0.15, 0.2) is 0 Å². The number of hydrogen-bond donors (Lipinski definition) is 4. The van der Waals surface area contributed by atoms with Crippen molar-refractivity contribution in [2.45, 2.75) is 32.6 Å². The molecular formula is C12H24N6O. The molecular weight excluding hydrogens is 244 g/mol. The van der Waals surface area contributed by atoms with Crippen LogP contribution in [0, 0.1) is 0 Å². The number of aliphatic hydroxyl groups is 1. The fraction of sp³-hybridized carbons (Fsp3) is 0.750. The van der Waals surface area contributed by atoms with Crippen molar-refractivity contribution < 1.29 is 5.11 Å². The van der Waals surface area contributed by atoms with Gasteiger partial charge in [0.05, 0.1) is 6.61 Å². The van der Waals surface area contributed by atoms with Crippen molar-refractivity contribution in [3.63, 3.8) is 0 Å². The first-order valence-corrected chi connectivity index (χ1v) is 6.82. The molecule has 0 saturated heterocycles. The Labute approximate surface area is 114 Å². The second kappa shape index (κ2) is 9.32. The molecule has 0 aliphatic rings. The van der Waals surface area contributed by atoms with Gasteiger partial charge in [-0.05, 0) is 6.42 Å². The zero-order valence-corrected chi connectivity index (χ0v) is 11.7. The van der Waals surface area contributed by atoms with Gasteiger partial charge in [-0.1, -0.05) is 26.2 Å². The van der Waals surface area contributed by atoms with E-state index in [-0.39, 0.29) is 6.61 Å². The SMILES string of the molecule is CCCCCCNc1nc(NC)nc(NCCO)n1. The van der Waals surface area contributed by atoms with Gasteiger partial charge in [0.1, 0.15) is 0 Å². The van der Waals surface area contributed by atoms with Gasteiger partial charge < -0.3 is 21.1 Å². The van der Waals surface area contributed by atoms with Crippen LogP contribution in [0.3, 0.4) is 0 Å². The Kier molecular flexibility index (Phi) is 7.57. The summed E-state index contributed by atoms with van der Waals surface area (Å²) >= 11 is 0. The average molecular weight is 268 g/mol. The van der Waals surface area contributed by atoms with E-state index >= 15 is 0 Å². The fourth-order valence-corrected chi connectivity index (χ4v) is 1.57. The standard InChI is InChI=1S/C12H24N6O/c1-3-4-5-6-7-14-11-16-10(13-2)17-12(18-11)15-8-9-19/h19H,3-9H2,1-2H3,(H3,13,14,15,16,17,18). The molecule has 0 saturated carbocycles. The highest BCUT2D eigenvalue weighted by Crippen LogP contribution is 2.09. The minimum Gasteiger partial charge on any atom is -0.395 e. The molecule has 4 N–H and O–H groups in total. The first kappa shape index (κ1) is 15.4. The van der Waals surface area contributed by atoms with Gasteiger partial charge in [-0.2, -0.15) is 15.0 Å². The maximum atomic E-state index is 8.78. The van der Waals surface area contributed by atoms with Gasteiger partial charge >= 0.3 is 0 Å². The summed E-state index contributed by atoms with van der Waals surface area (Å²) in [4.78, 5) is 12.6. The van der Waals surface area contributed by atoms with E-state index in [2.05, 4.69) is 37.8 Å². The molecule has 0 aliphatic carbocycles. The molecule has 1 aromatic rings. The predicted octanol–water partition coefficient (Wildman–Crippen LogP) is 1.31. The maximum Gasteiger partial charge on any atom is 0.229 e. The van der Waals surface area contributed by atoms with E-state index in [1.54, 1.807) is 7.05 Å². The van der Waals surface area contributed by atoms with Gasteiger partial charge in [-0.15, -0.1) is 0 Å². The minimum absolute atomic E-state index is 0.0420. The van der Waals surface area contributed by atoms with Crippen molar-refractivity contribution in [1.29, 1.82) is 0 Å². The molecule has 0 spiro atoms. The lowest BCUT2D eigenvalue weighted by molar-refractivity contribution is 0.311. The highest BCUT2D eigenvalue weighted by atomic mass is 16.3. The van der Waals surface area contributed by atoms with E-state index in [0.29, 0.717) is 24.4 Å². The van der Waals surface area contributed by atoms with Gasteiger partial charge in [0.15, 0.2) is 0 Å². The van der Waals surface area contributed by atoms with Crippen LogP contribution in [0.1, 0.15) is 32.6 Å². The van der Waals surface area contributed by atoms with Gasteiger partial charge in [0.2, 0.25) is 17.8 Å². The highest BCUT2D eigenvalue weighted by Gasteiger charge is 2.04. The molecule has 0 bridgehead atoms. The number of nitrogens with zero attached hydrogens (tertiary/aromatic N) is 3. The molecule has 0 aliphatic heterocycles. The normalized spacial score (nSPS) is 10.3. The molecule has 0 fully saturated rings. The molecule has 0 amide bonds. The summed E-state index contributed by atoms with van der Waals surface area (Å²) in [5, 5.41) is 17.8. The number of hydrogen-bond acceptors (Lipinski definition) is 7. The molecule has 0 unspecified atom stereocenters. The molecule has 1 heterocycles. The number of aliphatic hydroxyl groups excluding tert-OH is 1. The zero-order chi connectivity index (χ0) is 13.9. The summed E-state index contributed by atoms with van der Waals surface area (Å²) in [6, 6.07) is 0. The third kappa shape index (κ3) is 6.19. The predicted molar refractivity (Wildman–Crippen MR) is 77.6 cm³/mol. The molecule has 108 valence electrons. The molecule has 0 radical (unpaired) electrons. The van der Waals surface area contributed by atoms with Crippen molar-refractivity contribution in [3.8, 4) is 0 Å². The van der Waals surface area contributed by atoms with Gasteiger partial charge in [-0.25, -0.2) is 0 Å². The fourth-order valence-electron chi connectivity index (χ4n) is 1.57. The third-order valence-corrected chi connectivity index (χ3v) is 2.57. The lowest BCUT2D eigenvalue weighted by atomic mass is 10.2. The average Bonchev–Trinajstić information content (AvgIpc) is 2.44. The summed E-state index contributed by atoms with van der Waals surface area (Å²) in [6.07, 6.45) is 4.80. The zero-order valence-electron chi connectivity index (χ0n) is 11.7.